The summed E-state index contributed by atoms with van der Waals surface area (Å²) >= 11 is 0. The number of nitrogens with zero attached hydrogens (tertiary/aromatic N) is 1. The minimum Gasteiger partial charge on any atom is -0.480 e. The van der Waals surface area contributed by atoms with Crippen LogP contribution in [-0.2, 0) is 23.9 Å². The highest BCUT2D eigenvalue weighted by atomic mass is 16.6. The number of hydrogen-bond acceptors (Lipinski definition) is 6. The largest absolute Gasteiger partial charge is 0.480 e. The van der Waals surface area contributed by atoms with Crippen molar-refractivity contribution >= 4 is 23.9 Å². The number of esters is 1. The number of ether oxygens (including phenoxy) is 2. The lowest BCUT2D eigenvalue weighted by molar-refractivity contribution is -0.154. The number of rotatable bonds is 9. The highest BCUT2D eigenvalue weighted by Gasteiger charge is 2.35. The van der Waals surface area contributed by atoms with Gasteiger partial charge in [-0.15, -0.1) is 0 Å². The molecular weight excluding hydrogens is 428 g/mol. The summed E-state index contributed by atoms with van der Waals surface area (Å²) in [6.07, 6.45) is -0.977. The van der Waals surface area contributed by atoms with Crippen LogP contribution in [0.4, 0.5) is 4.79 Å². The molecule has 2 amide bonds. The van der Waals surface area contributed by atoms with Gasteiger partial charge in [-0.05, 0) is 36.1 Å². The van der Waals surface area contributed by atoms with Crippen LogP contribution in [0, 0.1) is 0 Å². The van der Waals surface area contributed by atoms with E-state index >= 15 is 0 Å². The van der Waals surface area contributed by atoms with Crippen molar-refractivity contribution in [3.05, 3.63) is 59.7 Å². The van der Waals surface area contributed by atoms with Crippen molar-refractivity contribution in [3.8, 4) is 11.1 Å². The number of benzene rings is 2. The molecule has 1 aliphatic rings. The smallest absolute Gasteiger partial charge is 0.408 e. The van der Waals surface area contributed by atoms with Crippen LogP contribution < -0.4 is 5.32 Å². The first kappa shape index (κ1) is 23.8. The van der Waals surface area contributed by atoms with E-state index in [2.05, 4.69) is 5.32 Å². The second kappa shape index (κ2) is 10.6. The molecule has 0 heterocycles. The molecule has 1 atom stereocenters. The number of carbonyl (C=O) groups is 4. The number of carbonyl (C=O) groups excluding carboxylic acids is 3. The number of fused-ring (bicyclic) bond motifs is 3. The molecule has 0 saturated carbocycles. The Morgan fingerprint density at radius 1 is 0.970 bits per heavy atom. The number of nitrogens with one attached hydrogen (secondary N) is 1. The third kappa shape index (κ3) is 5.31. The summed E-state index contributed by atoms with van der Waals surface area (Å²) in [5.41, 5.74) is 4.16. The van der Waals surface area contributed by atoms with Crippen LogP contribution >= 0.6 is 0 Å². The third-order valence-electron chi connectivity index (χ3n) is 5.39. The van der Waals surface area contributed by atoms with E-state index in [-0.39, 0.29) is 25.7 Å². The van der Waals surface area contributed by atoms with E-state index in [1.54, 1.807) is 13.8 Å². The maximum absolute atomic E-state index is 12.7. The first-order chi connectivity index (χ1) is 15.9. The van der Waals surface area contributed by atoms with Crippen LogP contribution in [-0.4, -0.2) is 66.3 Å². The van der Waals surface area contributed by atoms with Crippen LogP contribution in [0.15, 0.2) is 48.5 Å². The van der Waals surface area contributed by atoms with Crippen molar-refractivity contribution in [2.24, 2.45) is 0 Å². The van der Waals surface area contributed by atoms with Gasteiger partial charge in [0.1, 0.15) is 13.2 Å². The first-order valence-electron chi connectivity index (χ1n) is 10.7. The van der Waals surface area contributed by atoms with E-state index in [1.165, 1.54) is 0 Å². The molecule has 0 radical (unpaired) electrons. The number of likely N-dealkylation sites (N-methyl/N-ethyl adjacent to an activating group) is 1. The standard InChI is InChI=1S/C24H26N2O7/c1-3-26(13-20(27)28)22(29)21(23(30)32-4-2)25-24(31)33-14-19-17-11-7-5-9-15(17)16-10-6-8-12-18(16)19/h5-12,19,21H,3-4,13-14H2,1-2H3,(H,25,31)(H,27,28). The van der Waals surface area contributed by atoms with Gasteiger partial charge in [0, 0.05) is 12.5 Å². The maximum atomic E-state index is 12.7. The minimum atomic E-state index is -1.71. The average molecular weight is 454 g/mol. The van der Waals surface area contributed by atoms with Gasteiger partial charge in [0.15, 0.2) is 0 Å². The lowest BCUT2D eigenvalue weighted by Gasteiger charge is -2.24. The second-order valence-corrected chi connectivity index (χ2v) is 7.40. The molecule has 33 heavy (non-hydrogen) atoms. The van der Waals surface area contributed by atoms with E-state index in [0.717, 1.165) is 27.2 Å². The van der Waals surface area contributed by atoms with Gasteiger partial charge in [0.25, 0.3) is 5.91 Å². The zero-order valence-electron chi connectivity index (χ0n) is 18.4. The van der Waals surface area contributed by atoms with Gasteiger partial charge in [-0.2, -0.15) is 0 Å². The molecule has 1 aliphatic carbocycles. The monoisotopic (exact) mass is 454 g/mol. The summed E-state index contributed by atoms with van der Waals surface area (Å²) in [5.74, 6) is -3.31. The molecule has 9 nitrogen and oxygen atoms in total. The van der Waals surface area contributed by atoms with Crippen LogP contribution in [0.2, 0.25) is 0 Å². The molecule has 9 heteroatoms. The molecule has 3 rings (SSSR count). The molecule has 0 aliphatic heterocycles. The van der Waals surface area contributed by atoms with Crippen molar-refractivity contribution < 1.29 is 33.8 Å². The molecule has 1 unspecified atom stereocenters. The van der Waals surface area contributed by atoms with E-state index in [9.17, 15) is 19.2 Å². The van der Waals surface area contributed by atoms with E-state index in [0.29, 0.717) is 0 Å². The summed E-state index contributed by atoms with van der Waals surface area (Å²) in [6, 6.07) is 13.9. The van der Waals surface area contributed by atoms with Crippen molar-refractivity contribution in [2.45, 2.75) is 25.8 Å². The number of alkyl carbamates (subject to hydrolysis) is 1. The molecule has 0 bridgehead atoms. The number of carboxylic acid groups (broad SMARTS) is 1. The van der Waals surface area contributed by atoms with Gasteiger partial charge in [-0.1, -0.05) is 48.5 Å². The Morgan fingerprint density at radius 3 is 2.06 bits per heavy atom. The van der Waals surface area contributed by atoms with Gasteiger partial charge < -0.3 is 19.5 Å². The van der Waals surface area contributed by atoms with Crippen molar-refractivity contribution in [2.75, 3.05) is 26.3 Å². The predicted octanol–water partition coefficient (Wildman–Crippen LogP) is 2.39. The highest BCUT2D eigenvalue weighted by Crippen LogP contribution is 2.44. The van der Waals surface area contributed by atoms with Gasteiger partial charge in [-0.3, -0.25) is 14.9 Å². The fourth-order valence-electron chi connectivity index (χ4n) is 3.90. The van der Waals surface area contributed by atoms with E-state index in [1.807, 2.05) is 48.5 Å². The normalized spacial score (nSPS) is 12.8. The number of hydrogen-bond donors (Lipinski definition) is 2. The van der Waals surface area contributed by atoms with Crippen LogP contribution in [0.1, 0.15) is 30.9 Å². The number of carboxylic acids is 1. The maximum Gasteiger partial charge on any atom is 0.408 e. The van der Waals surface area contributed by atoms with E-state index < -0.39 is 36.5 Å². The molecule has 2 aromatic rings. The van der Waals surface area contributed by atoms with Crippen molar-refractivity contribution in [1.82, 2.24) is 10.2 Å². The Balaban J connectivity index is 1.72. The van der Waals surface area contributed by atoms with Crippen LogP contribution in [0.25, 0.3) is 11.1 Å². The molecule has 2 aromatic carbocycles. The lowest BCUT2D eigenvalue weighted by atomic mass is 9.98. The summed E-state index contributed by atoms with van der Waals surface area (Å²) < 4.78 is 10.3. The van der Waals surface area contributed by atoms with Gasteiger partial charge >= 0.3 is 18.0 Å². The van der Waals surface area contributed by atoms with Crippen LogP contribution in [0.3, 0.4) is 0 Å². The Bertz CT molecular complexity index is 1010. The average Bonchev–Trinajstić information content (AvgIpc) is 3.13. The fraction of sp³-hybridized carbons (Fsp3) is 0.333. The zero-order valence-corrected chi connectivity index (χ0v) is 18.4. The topological polar surface area (TPSA) is 122 Å². The fourth-order valence-corrected chi connectivity index (χ4v) is 3.90. The molecule has 0 aromatic heterocycles. The van der Waals surface area contributed by atoms with Gasteiger partial charge in [-0.25, -0.2) is 9.59 Å². The Hall–Kier alpha value is -3.88. The molecule has 0 fully saturated rings. The molecule has 174 valence electrons. The molecule has 2 N–H and O–H groups in total. The predicted molar refractivity (Wildman–Crippen MR) is 119 cm³/mol. The summed E-state index contributed by atoms with van der Waals surface area (Å²) in [7, 11) is 0. The van der Waals surface area contributed by atoms with Gasteiger partial charge in [0.2, 0.25) is 6.04 Å². The Morgan fingerprint density at radius 2 is 1.55 bits per heavy atom. The number of aliphatic carboxylic acids is 1. The lowest BCUT2D eigenvalue weighted by Crippen LogP contribution is -2.54. The second-order valence-electron chi connectivity index (χ2n) is 7.40. The molecular formula is C24H26N2O7. The summed E-state index contributed by atoms with van der Waals surface area (Å²) in [4.78, 5) is 49.6. The van der Waals surface area contributed by atoms with Crippen molar-refractivity contribution in [1.29, 1.82) is 0 Å². The van der Waals surface area contributed by atoms with Crippen molar-refractivity contribution in [3.63, 3.8) is 0 Å². The number of amides is 2. The molecule has 0 spiro atoms. The summed E-state index contributed by atoms with van der Waals surface area (Å²) in [6.45, 7) is 2.53. The first-order valence-corrected chi connectivity index (χ1v) is 10.7. The Labute approximate surface area is 191 Å². The summed E-state index contributed by atoms with van der Waals surface area (Å²) in [5, 5.41) is 11.3. The minimum absolute atomic E-state index is 0.00376. The highest BCUT2D eigenvalue weighted by molar-refractivity contribution is 6.04. The van der Waals surface area contributed by atoms with Gasteiger partial charge in [0.05, 0.1) is 6.61 Å². The quantitative estimate of drug-likeness (QED) is 0.441. The Kier molecular flexibility index (Phi) is 7.66. The van der Waals surface area contributed by atoms with Crippen LogP contribution in [0.5, 0.6) is 0 Å². The molecule has 0 saturated heterocycles. The SMILES string of the molecule is CCOC(=O)C(NC(=O)OCC1c2ccccc2-c2ccccc21)C(=O)N(CC)CC(=O)O. The third-order valence-corrected chi connectivity index (χ3v) is 5.39. The zero-order chi connectivity index (χ0) is 24.0. The van der Waals surface area contributed by atoms with E-state index in [4.69, 9.17) is 14.6 Å².